The number of carboxylic acid groups (broad SMARTS) is 1. The van der Waals surface area contributed by atoms with Crippen LogP contribution in [0.15, 0.2) is 18.2 Å². The van der Waals surface area contributed by atoms with E-state index in [4.69, 9.17) is 9.84 Å². The molecule has 84 valence electrons. The highest BCUT2D eigenvalue weighted by atomic mass is 32.1. The molecule has 2 rings (SSSR count). The molecule has 5 heteroatoms. The SMILES string of the molecule is CCc1nc2c(OCC(=O)O)cccc2s1. The maximum absolute atomic E-state index is 10.4. The van der Waals surface area contributed by atoms with Gasteiger partial charge in [-0.25, -0.2) is 9.78 Å². The molecular weight excluding hydrogens is 226 g/mol. The summed E-state index contributed by atoms with van der Waals surface area (Å²) >= 11 is 1.61. The van der Waals surface area contributed by atoms with E-state index < -0.39 is 5.97 Å². The lowest BCUT2D eigenvalue weighted by Gasteiger charge is -2.02. The number of aromatic nitrogens is 1. The third-order valence-corrected chi connectivity index (χ3v) is 3.24. The molecule has 2 aromatic rings. The highest BCUT2D eigenvalue weighted by molar-refractivity contribution is 7.18. The van der Waals surface area contributed by atoms with Crippen LogP contribution in [0, 0.1) is 0 Å². The summed E-state index contributed by atoms with van der Waals surface area (Å²) in [5.74, 6) is -0.446. The van der Waals surface area contributed by atoms with Gasteiger partial charge in [-0.05, 0) is 18.6 Å². The Balaban J connectivity index is 2.36. The lowest BCUT2D eigenvalue weighted by atomic mass is 10.3. The number of carboxylic acids is 1. The van der Waals surface area contributed by atoms with Crippen LogP contribution in [0.3, 0.4) is 0 Å². The van der Waals surface area contributed by atoms with Gasteiger partial charge >= 0.3 is 5.97 Å². The number of hydrogen-bond acceptors (Lipinski definition) is 4. The zero-order chi connectivity index (χ0) is 11.5. The van der Waals surface area contributed by atoms with E-state index in [0.717, 1.165) is 21.6 Å². The van der Waals surface area contributed by atoms with Gasteiger partial charge in [-0.1, -0.05) is 13.0 Å². The highest BCUT2D eigenvalue weighted by Gasteiger charge is 2.09. The van der Waals surface area contributed by atoms with Gasteiger partial charge in [0, 0.05) is 0 Å². The van der Waals surface area contributed by atoms with Crippen molar-refractivity contribution in [3.63, 3.8) is 0 Å². The van der Waals surface area contributed by atoms with Crippen LogP contribution in [0.2, 0.25) is 0 Å². The molecule has 1 N–H and O–H groups in total. The fourth-order valence-corrected chi connectivity index (χ4v) is 2.30. The summed E-state index contributed by atoms with van der Waals surface area (Å²) < 4.78 is 6.21. The van der Waals surface area contributed by atoms with E-state index >= 15 is 0 Å². The van der Waals surface area contributed by atoms with Gasteiger partial charge in [-0.3, -0.25) is 0 Å². The first-order valence-corrected chi connectivity index (χ1v) is 5.75. The molecule has 0 saturated heterocycles. The van der Waals surface area contributed by atoms with E-state index in [1.54, 1.807) is 17.4 Å². The van der Waals surface area contributed by atoms with E-state index in [2.05, 4.69) is 4.98 Å². The summed E-state index contributed by atoms with van der Waals surface area (Å²) in [5, 5.41) is 9.58. The number of aliphatic carboxylic acids is 1. The third-order valence-electron chi connectivity index (χ3n) is 2.08. The summed E-state index contributed by atoms with van der Waals surface area (Å²) in [6, 6.07) is 5.54. The third kappa shape index (κ3) is 2.14. The summed E-state index contributed by atoms with van der Waals surface area (Å²) in [7, 11) is 0. The number of hydrogen-bond donors (Lipinski definition) is 1. The van der Waals surface area contributed by atoms with Gasteiger partial charge in [0.2, 0.25) is 0 Å². The maximum atomic E-state index is 10.4. The highest BCUT2D eigenvalue weighted by Crippen LogP contribution is 2.29. The summed E-state index contributed by atoms with van der Waals surface area (Å²) in [6.07, 6.45) is 0.873. The second-order valence-electron chi connectivity index (χ2n) is 3.25. The standard InChI is InChI=1S/C11H11NO3S/c1-2-9-12-11-7(15-6-10(13)14)4-3-5-8(11)16-9/h3-5H,2,6H2,1H3,(H,13,14). The molecule has 0 bridgehead atoms. The summed E-state index contributed by atoms with van der Waals surface area (Å²) in [6.45, 7) is 1.70. The van der Waals surface area contributed by atoms with Crippen LogP contribution in [0.1, 0.15) is 11.9 Å². The monoisotopic (exact) mass is 237 g/mol. The largest absolute Gasteiger partial charge is 0.480 e. The minimum Gasteiger partial charge on any atom is -0.480 e. The quantitative estimate of drug-likeness (QED) is 0.886. The molecule has 0 aliphatic rings. The molecule has 0 atom stereocenters. The summed E-state index contributed by atoms with van der Waals surface area (Å²) in [5.41, 5.74) is 0.755. The number of rotatable bonds is 4. The molecule has 0 amide bonds. The van der Waals surface area contributed by atoms with E-state index in [-0.39, 0.29) is 6.61 Å². The molecule has 16 heavy (non-hydrogen) atoms. The molecule has 0 unspecified atom stereocenters. The minimum atomic E-state index is -0.983. The van der Waals surface area contributed by atoms with Crippen molar-refractivity contribution < 1.29 is 14.6 Å². The van der Waals surface area contributed by atoms with Crippen LogP contribution < -0.4 is 4.74 Å². The van der Waals surface area contributed by atoms with Gasteiger partial charge < -0.3 is 9.84 Å². The Kier molecular flexibility index (Phi) is 3.05. The lowest BCUT2D eigenvalue weighted by Crippen LogP contribution is -2.09. The first-order chi connectivity index (χ1) is 7.70. The minimum absolute atomic E-state index is 0.335. The Morgan fingerprint density at radius 3 is 3.06 bits per heavy atom. The van der Waals surface area contributed by atoms with Crippen molar-refractivity contribution in [3.8, 4) is 5.75 Å². The average Bonchev–Trinajstić information content (AvgIpc) is 2.69. The van der Waals surface area contributed by atoms with Crippen molar-refractivity contribution in [2.24, 2.45) is 0 Å². The van der Waals surface area contributed by atoms with Gasteiger partial charge in [0.15, 0.2) is 6.61 Å². The number of benzene rings is 1. The first kappa shape index (κ1) is 10.9. The number of nitrogens with zero attached hydrogens (tertiary/aromatic N) is 1. The van der Waals surface area contributed by atoms with Gasteiger partial charge in [-0.2, -0.15) is 0 Å². The van der Waals surface area contributed by atoms with Crippen LogP contribution >= 0.6 is 11.3 Å². The Hall–Kier alpha value is -1.62. The van der Waals surface area contributed by atoms with E-state index in [1.807, 2.05) is 19.1 Å². The molecule has 1 aromatic heterocycles. The van der Waals surface area contributed by atoms with Crippen molar-refractivity contribution in [2.45, 2.75) is 13.3 Å². The predicted octanol–water partition coefficient (Wildman–Crippen LogP) is 2.32. The van der Waals surface area contributed by atoms with Crippen LogP contribution in [0.5, 0.6) is 5.75 Å². The number of ether oxygens (including phenoxy) is 1. The summed E-state index contributed by atoms with van der Waals surface area (Å²) in [4.78, 5) is 14.8. The molecular formula is C11H11NO3S. The average molecular weight is 237 g/mol. The molecule has 0 saturated carbocycles. The van der Waals surface area contributed by atoms with E-state index in [1.165, 1.54) is 0 Å². The van der Waals surface area contributed by atoms with Crippen LogP contribution in [0.25, 0.3) is 10.2 Å². The van der Waals surface area contributed by atoms with Crippen molar-refractivity contribution in [3.05, 3.63) is 23.2 Å². The number of fused-ring (bicyclic) bond motifs is 1. The van der Waals surface area contributed by atoms with E-state index in [9.17, 15) is 4.79 Å². The number of carbonyl (C=O) groups is 1. The molecule has 0 radical (unpaired) electrons. The second-order valence-corrected chi connectivity index (χ2v) is 4.36. The molecule has 0 aliphatic carbocycles. The second kappa shape index (κ2) is 4.49. The van der Waals surface area contributed by atoms with Crippen molar-refractivity contribution >= 4 is 27.5 Å². The lowest BCUT2D eigenvalue weighted by molar-refractivity contribution is -0.139. The van der Waals surface area contributed by atoms with Gasteiger partial charge in [-0.15, -0.1) is 11.3 Å². The number of para-hydroxylation sites is 1. The topological polar surface area (TPSA) is 59.4 Å². The Morgan fingerprint density at radius 2 is 2.38 bits per heavy atom. The van der Waals surface area contributed by atoms with Gasteiger partial charge in [0.25, 0.3) is 0 Å². The fourth-order valence-electron chi connectivity index (χ4n) is 1.38. The predicted molar refractivity (Wildman–Crippen MR) is 62.1 cm³/mol. The zero-order valence-corrected chi connectivity index (χ0v) is 9.58. The molecule has 1 aromatic carbocycles. The van der Waals surface area contributed by atoms with Crippen LogP contribution in [0.4, 0.5) is 0 Å². The normalized spacial score (nSPS) is 10.6. The van der Waals surface area contributed by atoms with Gasteiger partial charge in [0.1, 0.15) is 11.3 Å². The molecule has 0 spiro atoms. The van der Waals surface area contributed by atoms with Gasteiger partial charge in [0.05, 0.1) is 9.71 Å². The smallest absolute Gasteiger partial charge is 0.341 e. The molecule has 0 aliphatic heterocycles. The maximum Gasteiger partial charge on any atom is 0.341 e. The van der Waals surface area contributed by atoms with Crippen molar-refractivity contribution in [2.75, 3.05) is 6.61 Å². The fraction of sp³-hybridized carbons (Fsp3) is 0.273. The van der Waals surface area contributed by atoms with Crippen LogP contribution in [-0.4, -0.2) is 22.7 Å². The Bertz CT molecular complexity index is 521. The van der Waals surface area contributed by atoms with E-state index in [0.29, 0.717) is 5.75 Å². The number of aryl methyl sites for hydroxylation is 1. The molecule has 0 fully saturated rings. The number of thiazole rings is 1. The Morgan fingerprint density at radius 1 is 1.56 bits per heavy atom. The molecule has 4 nitrogen and oxygen atoms in total. The first-order valence-electron chi connectivity index (χ1n) is 4.93. The van der Waals surface area contributed by atoms with Crippen molar-refractivity contribution in [1.82, 2.24) is 4.98 Å². The zero-order valence-electron chi connectivity index (χ0n) is 8.77. The Labute approximate surface area is 96.5 Å². The van der Waals surface area contributed by atoms with Crippen LogP contribution in [-0.2, 0) is 11.2 Å². The van der Waals surface area contributed by atoms with Crippen molar-refractivity contribution in [1.29, 1.82) is 0 Å². The molecule has 1 heterocycles.